The normalized spacial score (nSPS) is 32.1. The highest BCUT2D eigenvalue weighted by Crippen LogP contribution is 2.19. The summed E-state index contributed by atoms with van der Waals surface area (Å²) in [6.07, 6.45) is 0.483. The molecule has 2 heterocycles. The average Bonchev–Trinajstić information content (AvgIpc) is 2.56. The van der Waals surface area contributed by atoms with Crippen LogP contribution in [0.2, 0.25) is 0 Å². The lowest BCUT2D eigenvalue weighted by Crippen LogP contribution is -2.59. The van der Waals surface area contributed by atoms with Crippen molar-refractivity contribution < 1.29 is 19.1 Å². The van der Waals surface area contributed by atoms with Crippen LogP contribution >= 0.6 is 0 Å². The molecule has 2 aliphatic heterocycles. The Morgan fingerprint density at radius 1 is 1.29 bits per heavy atom. The van der Waals surface area contributed by atoms with Gasteiger partial charge in [0, 0.05) is 0 Å². The van der Waals surface area contributed by atoms with Crippen LogP contribution in [0.1, 0.15) is 6.42 Å². The molecule has 2 amide bonds. The minimum Gasteiger partial charge on any atom is -0.465 e. The van der Waals surface area contributed by atoms with Gasteiger partial charge in [-0.25, -0.2) is 0 Å². The summed E-state index contributed by atoms with van der Waals surface area (Å²) in [5.74, 6) is -1.52. The second-order valence-electron chi connectivity index (χ2n) is 3.33. The van der Waals surface area contributed by atoms with E-state index in [0.29, 0.717) is 13.0 Å². The number of esters is 1. The van der Waals surface area contributed by atoms with Crippen LogP contribution in [-0.4, -0.2) is 37.0 Å². The molecule has 76 valence electrons. The number of hydrogen-bond acceptors (Lipinski definition) is 4. The Kier molecular flexibility index (Phi) is 2.11. The highest BCUT2D eigenvalue weighted by atomic mass is 16.5. The number of ether oxygens (including phenoxy) is 1. The third kappa shape index (κ3) is 1.43. The lowest BCUT2D eigenvalue weighted by molar-refractivity contribution is -0.145. The van der Waals surface area contributed by atoms with E-state index < -0.39 is 17.9 Å². The van der Waals surface area contributed by atoms with E-state index in [1.807, 2.05) is 0 Å². The topological polar surface area (TPSA) is 84.5 Å². The van der Waals surface area contributed by atoms with Gasteiger partial charge < -0.3 is 15.4 Å². The van der Waals surface area contributed by atoms with Gasteiger partial charge >= 0.3 is 5.97 Å². The molecule has 0 spiro atoms. The Bertz CT molecular complexity index is 302. The summed E-state index contributed by atoms with van der Waals surface area (Å²) in [6, 6.07) is -0.758. The Balaban J connectivity index is 2.11. The van der Waals surface area contributed by atoms with Crippen LogP contribution in [-0.2, 0) is 19.1 Å². The Labute approximate surface area is 80.0 Å². The predicted octanol–water partition coefficient (Wildman–Crippen LogP) is -1.84. The van der Waals surface area contributed by atoms with E-state index >= 15 is 0 Å². The molecular weight excluding hydrogens is 188 g/mol. The van der Waals surface area contributed by atoms with Crippen LogP contribution in [0.5, 0.6) is 0 Å². The maximum atomic E-state index is 11.3. The smallest absolute Gasteiger partial charge is 0.311 e. The van der Waals surface area contributed by atoms with Gasteiger partial charge in [-0.3, -0.25) is 14.4 Å². The molecule has 14 heavy (non-hydrogen) atoms. The van der Waals surface area contributed by atoms with Gasteiger partial charge in [0.15, 0.2) is 0 Å². The van der Waals surface area contributed by atoms with Gasteiger partial charge in [-0.2, -0.15) is 0 Å². The zero-order chi connectivity index (χ0) is 10.1. The van der Waals surface area contributed by atoms with Gasteiger partial charge in [0.05, 0.1) is 19.1 Å². The Morgan fingerprint density at radius 2 is 2.07 bits per heavy atom. The minimum atomic E-state index is -0.758. The number of hydrogen-bond donors (Lipinski definition) is 2. The third-order valence-corrected chi connectivity index (χ3v) is 2.40. The van der Waals surface area contributed by atoms with E-state index in [1.54, 1.807) is 0 Å². The molecule has 6 heteroatoms. The summed E-state index contributed by atoms with van der Waals surface area (Å²) in [5.41, 5.74) is 0. The first-order chi connectivity index (χ1) is 6.68. The molecule has 2 atom stereocenters. The zero-order valence-corrected chi connectivity index (χ0v) is 7.41. The number of nitrogens with one attached hydrogen (secondary N) is 2. The standard InChI is InChI=1S/C8H10N2O4/c11-5-3-9-7(12)6(10-5)4-1-2-14-8(4)13/h4,6H,1-3H2,(H,9,12)(H,10,11). The maximum Gasteiger partial charge on any atom is 0.311 e. The summed E-state index contributed by atoms with van der Waals surface area (Å²) in [7, 11) is 0. The van der Waals surface area contributed by atoms with Crippen molar-refractivity contribution in [1.29, 1.82) is 0 Å². The molecule has 0 saturated carbocycles. The number of piperazine rings is 1. The van der Waals surface area contributed by atoms with Gasteiger partial charge in [0.2, 0.25) is 11.8 Å². The van der Waals surface area contributed by atoms with Crippen molar-refractivity contribution in [1.82, 2.24) is 10.6 Å². The molecule has 0 bridgehead atoms. The van der Waals surface area contributed by atoms with Crippen molar-refractivity contribution >= 4 is 17.8 Å². The highest BCUT2D eigenvalue weighted by Gasteiger charge is 2.41. The van der Waals surface area contributed by atoms with Crippen molar-refractivity contribution in [3.8, 4) is 0 Å². The fourth-order valence-corrected chi connectivity index (χ4v) is 1.66. The van der Waals surface area contributed by atoms with Gasteiger partial charge in [-0.15, -0.1) is 0 Å². The second kappa shape index (κ2) is 3.28. The van der Waals surface area contributed by atoms with Crippen LogP contribution < -0.4 is 10.6 Å². The highest BCUT2D eigenvalue weighted by molar-refractivity contribution is 5.97. The monoisotopic (exact) mass is 198 g/mol. The number of cyclic esters (lactones) is 1. The molecule has 0 aliphatic carbocycles. The van der Waals surface area contributed by atoms with E-state index in [4.69, 9.17) is 4.74 Å². The fourth-order valence-electron chi connectivity index (χ4n) is 1.66. The summed E-state index contributed by atoms with van der Waals surface area (Å²) < 4.78 is 4.73. The molecule has 2 saturated heterocycles. The summed E-state index contributed by atoms with van der Waals surface area (Å²) in [6.45, 7) is 0.306. The Morgan fingerprint density at radius 3 is 2.71 bits per heavy atom. The second-order valence-corrected chi connectivity index (χ2v) is 3.33. The van der Waals surface area contributed by atoms with Gasteiger partial charge in [0.25, 0.3) is 0 Å². The van der Waals surface area contributed by atoms with Crippen LogP contribution in [0.4, 0.5) is 0 Å². The molecular formula is C8H10N2O4. The van der Waals surface area contributed by atoms with Crippen LogP contribution in [0.15, 0.2) is 0 Å². The molecule has 6 nitrogen and oxygen atoms in total. The Hall–Kier alpha value is -1.59. The lowest BCUT2D eigenvalue weighted by Gasteiger charge is -2.25. The van der Waals surface area contributed by atoms with E-state index in [2.05, 4.69) is 10.6 Å². The maximum absolute atomic E-state index is 11.3. The van der Waals surface area contributed by atoms with Crippen LogP contribution in [0.3, 0.4) is 0 Å². The molecule has 0 aromatic rings. The van der Waals surface area contributed by atoms with Crippen molar-refractivity contribution in [3.63, 3.8) is 0 Å². The number of amides is 2. The van der Waals surface area contributed by atoms with E-state index in [0.717, 1.165) is 0 Å². The molecule has 2 fully saturated rings. The SMILES string of the molecule is O=C1CNC(=O)C(C2CCOC2=O)N1. The van der Waals surface area contributed by atoms with E-state index in [-0.39, 0.29) is 18.4 Å². The average molecular weight is 198 g/mol. The summed E-state index contributed by atoms with van der Waals surface area (Å²) in [4.78, 5) is 33.5. The number of carbonyl (C=O) groups is 3. The number of rotatable bonds is 1. The first-order valence-corrected chi connectivity index (χ1v) is 4.42. The molecule has 0 aromatic heterocycles. The molecule has 0 radical (unpaired) electrons. The molecule has 0 aromatic carbocycles. The first kappa shape index (κ1) is 8.98. The largest absolute Gasteiger partial charge is 0.465 e. The lowest BCUT2D eigenvalue weighted by atomic mass is 9.96. The van der Waals surface area contributed by atoms with Gasteiger partial charge in [-0.05, 0) is 6.42 Å². The molecule has 2 rings (SSSR count). The number of carbonyl (C=O) groups excluding carboxylic acids is 3. The quantitative estimate of drug-likeness (QED) is 0.485. The molecule has 2 N–H and O–H groups in total. The van der Waals surface area contributed by atoms with Gasteiger partial charge in [-0.1, -0.05) is 0 Å². The summed E-state index contributed by atoms with van der Waals surface area (Å²) >= 11 is 0. The van der Waals surface area contributed by atoms with Crippen LogP contribution in [0.25, 0.3) is 0 Å². The van der Waals surface area contributed by atoms with Crippen LogP contribution in [0, 0.1) is 5.92 Å². The van der Waals surface area contributed by atoms with Crippen molar-refractivity contribution in [2.45, 2.75) is 12.5 Å². The summed E-state index contributed by atoms with van der Waals surface area (Å²) in [5, 5.41) is 4.91. The van der Waals surface area contributed by atoms with Crippen molar-refractivity contribution in [2.24, 2.45) is 5.92 Å². The van der Waals surface area contributed by atoms with Gasteiger partial charge in [0.1, 0.15) is 6.04 Å². The fraction of sp³-hybridized carbons (Fsp3) is 0.625. The van der Waals surface area contributed by atoms with E-state index in [1.165, 1.54) is 0 Å². The molecule has 2 aliphatic rings. The molecule has 2 unspecified atom stereocenters. The van der Waals surface area contributed by atoms with Crippen molar-refractivity contribution in [2.75, 3.05) is 13.2 Å². The minimum absolute atomic E-state index is 0.0168. The first-order valence-electron chi connectivity index (χ1n) is 4.42. The zero-order valence-electron chi connectivity index (χ0n) is 7.41. The predicted molar refractivity (Wildman–Crippen MR) is 44.0 cm³/mol. The van der Waals surface area contributed by atoms with E-state index in [9.17, 15) is 14.4 Å². The third-order valence-electron chi connectivity index (χ3n) is 2.40. The van der Waals surface area contributed by atoms with Crippen molar-refractivity contribution in [3.05, 3.63) is 0 Å².